The number of nitrogens with one attached hydrogen (secondary N) is 1. The van der Waals surface area contributed by atoms with Crippen LogP contribution in [0.15, 0.2) is 23.1 Å². The normalized spacial score (nSPS) is 22.1. The third-order valence-corrected chi connectivity index (χ3v) is 6.37. The Morgan fingerprint density at radius 2 is 2.00 bits per heavy atom. The Hall–Kier alpha value is -1.11. The Balaban J connectivity index is 2.23. The molecule has 5 nitrogen and oxygen atoms in total. The first-order chi connectivity index (χ1) is 10.7. The molecule has 128 valence electrons. The molecule has 0 aliphatic heterocycles. The van der Waals surface area contributed by atoms with Crippen molar-refractivity contribution < 1.29 is 13.2 Å². The van der Waals surface area contributed by atoms with Gasteiger partial charge in [-0.15, -0.1) is 0 Å². The van der Waals surface area contributed by atoms with Gasteiger partial charge in [-0.1, -0.05) is 31.4 Å². The van der Waals surface area contributed by atoms with Gasteiger partial charge < -0.3 is 5.32 Å². The number of benzene rings is 1. The summed E-state index contributed by atoms with van der Waals surface area (Å²) in [6.45, 7) is 2.18. The molecule has 1 aromatic carbocycles. The van der Waals surface area contributed by atoms with Crippen molar-refractivity contribution in [3.8, 4) is 0 Å². The van der Waals surface area contributed by atoms with Crippen LogP contribution < -0.4 is 5.32 Å². The van der Waals surface area contributed by atoms with Crippen LogP contribution in [0.2, 0.25) is 5.02 Å². The number of amides is 1. The van der Waals surface area contributed by atoms with E-state index in [0.717, 1.165) is 23.6 Å². The second-order valence-corrected chi connectivity index (χ2v) is 8.93. The number of halogens is 1. The maximum atomic E-state index is 12.5. The molecular formula is C16H23ClN2O3S. The Bertz CT molecular complexity index is 689. The smallest absolute Gasteiger partial charge is 0.253 e. The number of rotatable bonds is 4. The second-order valence-electron chi connectivity index (χ2n) is 6.37. The van der Waals surface area contributed by atoms with Gasteiger partial charge in [-0.3, -0.25) is 4.79 Å². The predicted octanol–water partition coefficient (Wildman–Crippen LogP) is 2.90. The van der Waals surface area contributed by atoms with Gasteiger partial charge in [-0.25, -0.2) is 12.7 Å². The minimum atomic E-state index is -3.60. The fourth-order valence-electron chi connectivity index (χ4n) is 2.88. The molecule has 2 rings (SSSR count). The fourth-order valence-corrected chi connectivity index (χ4v) is 4.01. The van der Waals surface area contributed by atoms with Gasteiger partial charge in [0.15, 0.2) is 0 Å². The number of hydrogen-bond acceptors (Lipinski definition) is 3. The number of carbonyl (C=O) groups excluding carboxylic acids is 1. The standard InChI is InChI=1S/C16H23ClN2O3S/c1-11-5-4-6-12(9-11)18-16(20)14-10-13(7-8-15(14)17)23(21,22)19(2)3/h7-8,10-12H,4-6,9H2,1-3H3,(H,18,20). The number of hydrogen-bond donors (Lipinski definition) is 1. The van der Waals surface area contributed by atoms with E-state index in [2.05, 4.69) is 12.2 Å². The first-order valence-corrected chi connectivity index (χ1v) is 9.56. The summed E-state index contributed by atoms with van der Waals surface area (Å²) in [6, 6.07) is 4.34. The summed E-state index contributed by atoms with van der Waals surface area (Å²) >= 11 is 6.10. The first-order valence-electron chi connectivity index (χ1n) is 7.74. The van der Waals surface area contributed by atoms with Gasteiger partial charge in [0.25, 0.3) is 5.91 Å². The summed E-state index contributed by atoms with van der Waals surface area (Å²) in [4.78, 5) is 12.5. The minimum Gasteiger partial charge on any atom is -0.349 e. The highest BCUT2D eigenvalue weighted by molar-refractivity contribution is 7.89. The van der Waals surface area contributed by atoms with Crippen LogP contribution in [0.5, 0.6) is 0 Å². The largest absolute Gasteiger partial charge is 0.349 e. The summed E-state index contributed by atoms with van der Waals surface area (Å²) in [6.07, 6.45) is 4.17. The molecule has 1 saturated carbocycles. The highest BCUT2D eigenvalue weighted by atomic mass is 35.5. The molecule has 1 aliphatic rings. The predicted molar refractivity (Wildman–Crippen MR) is 91.2 cm³/mol. The average Bonchev–Trinajstić information content (AvgIpc) is 2.47. The molecule has 23 heavy (non-hydrogen) atoms. The van der Waals surface area contributed by atoms with Crippen molar-refractivity contribution in [3.05, 3.63) is 28.8 Å². The molecular weight excluding hydrogens is 336 g/mol. The van der Waals surface area contributed by atoms with Crippen LogP contribution in [0.25, 0.3) is 0 Å². The molecule has 1 amide bonds. The first kappa shape index (κ1) is 18.2. The molecule has 1 aliphatic carbocycles. The van der Waals surface area contributed by atoms with Crippen molar-refractivity contribution in [2.45, 2.75) is 43.5 Å². The maximum Gasteiger partial charge on any atom is 0.253 e. The minimum absolute atomic E-state index is 0.0639. The van der Waals surface area contributed by atoms with Crippen LogP contribution in [-0.2, 0) is 10.0 Å². The number of sulfonamides is 1. The summed E-state index contributed by atoms with van der Waals surface area (Å²) in [5.74, 6) is 0.273. The molecule has 2 atom stereocenters. The van der Waals surface area contributed by atoms with Crippen LogP contribution in [-0.4, -0.2) is 38.8 Å². The van der Waals surface area contributed by atoms with E-state index >= 15 is 0 Å². The Morgan fingerprint density at radius 1 is 1.30 bits per heavy atom. The molecule has 0 radical (unpaired) electrons. The van der Waals surface area contributed by atoms with Gasteiger partial charge in [0.2, 0.25) is 10.0 Å². The van der Waals surface area contributed by atoms with E-state index in [9.17, 15) is 13.2 Å². The zero-order valence-corrected chi connectivity index (χ0v) is 15.2. The van der Waals surface area contributed by atoms with E-state index < -0.39 is 10.0 Å². The highest BCUT2D eigenvalue weighted by Gasteiger charge is 2.24. The quantitative estimate of drug-likeness (QED) is 0.899. The lowest BCUT2D eigenvalue weighted by Crippen LogP contribution is -2.38. The van der Waals surface area contributed by atoms with E-state index in [1.807, 2.05) is 0 Å². The molecule has 0 saturated heterocycles. The fraction of sp³-hybridized carbons (Fsp3) is 0.562. The number of nitrogens with zero attached hydrogens (tertiary/aromatic N) is 1. The van der Waals surface area contributed by atoms with Gasteiger partial charge in [0.05, 0.1) is 15.5 Å². The zero-order valence-electron chi connectivity index (χ0n) is 13.7. The molecule has 7 heteroatoms. The molecule has 0 aromatic heterocycles. The summed E-state index contributed by atoms with van der Waals surface area (Å²) < 4.78 is 25.5. The molecule has 0 heterocycles. The van der Waals surface area contributed by atoms with Gasteiger partial charge in [-0.2, -0.15) is 0 Å². The third kappa shape index (κ3) is 4.25. The van der Waals surface area contributed by atoms with E-state index in [1.165, 1.54) is 38.7 Å². The summed E-state index contributed by atoms with van der Waals surface area (Å²) in [7, 11) is -0.694. The van der Waals surface area contributed by atoms with Crippen molar-refractivity contribution in [2.24, 2.45) is 5.92 Å². The van der Waals surface area contributed by atoms with Crippen molar-refractivity contribution >= 4 is 27.5 Å². The van der Waals surface area contributed by atoms with Crippen LogP contribution in [0.1, 0.15) is 43.0 Å². The number of carbonyl (C=O) groups is 1. The maximum absolute atomic E-state index is 12.5. The lowest BCUT2D eigenvalue weighted by molar-refractivity contribution is 0.0921. The van der Waals surface area contributed by atoms with Crippen LogP contribution >= 0.6 is 11.6 Å². The van der Waals surface area contributed by atoms with E-state index in [4.69, 9.17) is 11.6 Å². The van der Waals surface area contributed by atoms with Crippen molar-refractivity contribution in [2.75, 3.05) is 14.1 Å². The SMILES string of the molecule is CC1CCCC(NC(=O)c2cc(S(=O)(=O)N(C)C)ccc2Cl)C1. The zero-order chi connectivity index (χ0) is 17.2. The van der Waals surface area contributed by atoms with Crippen LogP contribution in [0, 0.1) is 5.92 Å². The Morgan fingerprint density at radius 3 is 2.61 bits per heavy atom. The monoisotopic (exact) mass is 358 g/mol. The molecule has 0 bridgehead atoms. The van der Waals surface area contributed by atoms with E-state index in [1.54, 1.807) is 0 Å². The lowest BCUT2D eigenvalue weighted by Gasteiger charge is -2.27. The second kappa shape index (κ2) is 7.20. The Labute approximate surface area is 143 Å². The van der Waals surface area contributed by atoms with Crippen LogP contribution in [0.4, 0.5) is 0 Å². The summed E-state index contributed by atoms with van der Waals surface area (Å²) in [5, 5.41) is 3.24. The third-order valence-electron chi connectivity index (χ3n) is 4.23. The molecule has 1 fully saturated rings. The molecule has 2 unspecified atom stereocenters. The van der Waals surface area contributed by atoms with Crippen LogP contribution in [0.3, 0.4) is 0 Å². The Kier molecular flexibility index (Phi) is 5.70. The lowest BCUT2D eigenvalue weighted by atomic mass is 9.87. The van der Waals surface area contributed by atoms with Gasteiger partial charge in [0, 0.05) is 20.1 Å². The van der Waals surface area contributed by atoms with Gasteiger partial charge in [0.1, 0.15) is 0 Å². The van der Waals surface area contributed by atoms with E-state index in [-0.39, 0.29) is 27.4 Å². The molecule has 0 spiro atoms. The molecule has 1 N–H and O–H groups in total. The van der Waals surface area contributed by atoms with Crippen molar-refractivity contribution in [1.82, 2.24) is 9.62 Å². The van der Waals surface area contributed by atoms with E-state index in [0.29, 0.717) is 5.92 Å². The highest BCUT2D eigenvalue weighted by Crippen LogP contribution is 2.25. The topological polar surface area (TPSA) is 66.5 Å². The van der Waals surface area contributed by atoms with Gasteiger partial charge >= 0.3 is 0 Å². The van der Waals surface area contributed by atoms with Crippen molar-refractivity contribution in [3.63, 3.8) is 0 Å². The van der Waals surface area contributed by atoms with Crippen molar-refractivity contribution in [1.29, 1.82) is 0 Å². The van der Waals surface area contributed by atoms with Gasteiger partial charge in [-0.05, 0) is 37.0 Å². The summed E-state index contributed by atoms with van der Waals surface area (Å²) in [5.41, 5.74) is 0.202. The average molecular weight is 359 g/mol. The molecule has 1 aromatic rings.